The van der Waals surface area contributed by atoms with Gasteiger partial charge in [-0.1, -0.05) is 35.6 Å². The third kappa shape index (κ3) is 3.14. The molecule has 3 heterocycles. The molecule has 5 rings (SSSR count). The molecule has 4 nitrogen and oxygen atoms in total. The molecule has 0 radical (unpaired) electrons. The van der Waals surface area contributed by atoms with Crippen molar-refractivity contribution in [3.05, 3.63) is 53.8 Å². The van der Waals surface area contributed by atoms with Crippen LogP contribution in [0, 0.1) is 11.7 Å². The Hall–Kier alpha value is -2.18. The lowest BCUT2D eigenvalue weighted by Gasteiger charge is -2.37. The summed E-state index contributed by atoms with van der Waals surface area (Å²) in [4.78, 5) is 7.20. The molecule has 0 saturated carbocycles. The Labute approximate surface area is 168 Å². The number of thiazole rings is 1. The summed E-state index contributed by atoms with van der Waals surface area (Å²) in [7, 11) is 1.99. The fourth-order valence-corrected chi connectivity index (χ4v) is 5.64. The van der Waals surface area contributed by atoms with Crippen LogP contribution in [-0.2, 0) is 6.42 Å². The summed E-state index contributed by atoms with van der Waals surface area (Å²) >= 11 is 1.77. The van der Waals surface area contributed by atoms with E-state index in [2.05, 4.69) is 28.4 Å². The van der Waals surface area contributed by atoms with Crippen molar-refractivity contribution in [2.45, 2.75) is 31.4 Å². The maximum Gasteiger partial charge on any atom is 0.186 e. The van der Waals surface area contributed by atoms with Crippen molar-refractivity contribution in [3.63, 3.8) is 0 Å². The van der Waals surface area contributed by atoms with Crippen LogP contribution >= 0.6 is 11.3 Å². The van der Waals surface area contributed by atoms with E-state index in [1.165, 1.54) is 10.8 Å². The quantitative estimate of drug-likeness (QED) is 0.714. The Bertz CT molecular complexity index is 950. The van der Waals surface area contributed by atoms with Crippen LogP contribution in [0.4, 0.5) is 9.52 Å². The molecule has 1 aromatic heterocycles. The van der Waals surface area contributed by atoms with Crippen molar-refractivity contribution >= 4 is 26.7 Å². The first kappa shape index (κ1) is 17.9. The first-order chi connectivity index (χ1) is 13.7. The number of para-hydroxylation sites is 2. The topological polar surface area (TPSA) is 37.4 Å². The molecule has 1 fully saturated rings. The zero-order valence-corrected chi connectivity index (χ0v) is 16.7. The Morgan fingerprint density at radius 3 is 2.75 bits per heavy atom. The van der Waals surface area contributed by atoms with Crippen LogP contribution < -0.4 is 15.0 Å². The number of hydrogen-bond acceptors (Lipinski definition) is 5. The highest BCUT2D eigenvalue weighted by Crippen LogP contribution is 2.37. The number of ether oxygens (including phenoxy) is 1. The molecule has 1 N–H and O–H groups in total. The molecule has 28 heavy (non-hydrogen) atoms. The van der Waals surface area contributed by atoms with Gasteiger partial charge in [0.05, 0.1) is 10.2 Å². The molecule has 2 atom stereocenters. The number of anilines is 1. The van der Waals surface area contributed by atoms with E-state index < -0.39 is 0 Å². The van der Waals surface area contributed by atoms with Crippen molar-refractivity contribution in [1.82, 2.24) is 10.3 Å². The molecule has 3 aromatic rings. The van der Waals surface area contributed by atoms with Crippen LogP contribution in [0.25, 0.3) is 10.2 Å². The van der Waals surface area contributed by atoms with Gasteiger partial charge < -0.3 is 15.0 Å². The van der Waals surface area contributed by atoms with E-state index in [1.807, 2.05) is 19.2 Å². The number of hydrogen-bond donors (Lipinski definition) is 1. The summed E-state index contributed by atoms with van der Waals surface area (Å²) in [5.41, 5.74) is 2.06. The predicted octanol–water partition coefficient (Wildman–Crippen LogP) is 4.24. The summed E-state index contributed by atoms with van der Waals surface area (Å²) in [5, 5.41) is 4.58. The summed E-state index contributed by atoms with van der Waals surface area (Å²) in [6.45, 7) is 1.99. The van der Waals surface area contributed by atoms with Crippen LogP contribution in [0.15, 0.2) is 42.5 Å². The van der Waals surface area contributed by atoms with Gasteiger partial charge in [0.15, 0.2) is 16.7 Å². The number of likely N-dealkylation sites (N-methyl/N-ethyl adjacent to an activating group) is 1. The number of piperidine rings is 1. The van der Waals surface area contributed by atoms with Gasteiger partial charge in [-0.2, -0.15) is 0 Å². The predicted molar refractivity (Wildman–Crippen MR) is 112 cm³/mol. The average molecular weight is 398 g/mol. The largest absolute Gasteiger partial charge is 0.485 e. The summed E-state index contributed by atoms with van der Waals surface area (Å²) in [6, 6.07) is 13.8. The summed E-state index contributed by atoms with van der Waals surface area (Å²) in [5.74, 6) is 0.707. The Balaban J connectivity index is 1.26. The highest BCUT2D eigenvalue weighted by Gasteiger charge is 2.37. The van der Waals surface area contributed by atoms with Gasteiger partial charge in [0.2, 0.25) is 0 Å². The summed E-state index contributed by atoms with van der Waals surface area (Å²) in [6.07, 6.45) is 2.94. The molecular formula is C22H24FN3OS. The second kappa shape index (κ2) is 7.33. The molecule has 1 saturated heterocycles. The van der Waals surface area contributed by atoms with Gasteiger partial charge in [-0.3, -0.25) is 0 Å². The number of halogens is 1. The minimum atomic E-state index is -0.250. The van der Waals surface area contributed by atoms with E-state index in [4.69, 9.17) is 9.72 Å². The molecule has 2 aromatic carbocycles. The second-order valence-corrected chi connectivity index (χ2v) is 8.70. The van der Waals surface area contributed by atoms with Gasteiger partial charge in [-0.15, -0.1) is 0 Å². The zero-order valence-electron chi connectivity index (χ0n) is 15.9. The van der Waals surface area contributed by atoms with Crippen LogP contribution in [0.3, 0.4) is 0 Å². The SMILES string of the molecule is CNC(C1CCN(c2nc3ccccc3s2)CC1)C1Cc2cccc(F)c2O1. The Morgan fingerprint density at radius 2 is 2.00 bits per heavy atom. The number of rotatable bonds is 4. The first-order valence-corrected chi connectivity index (χ1v) is 10.8. The molecule has 2 aliphatic rings. The molecule has 0 amide bonds. The van der Waals surface area contributed by atoms with E-state index in [-0.39, 0.29) is 18.0 Å². The van der Waals surface area contributed by atoms with Gasteiger partial charge in [0.1, 0.15) is 6.10 Å². The van der Waals surface area contributed by atoms with Crippen molar-refractivity contribution in [2.75, 3.05) is 25.0 Å². The van der Waals surface area contributed by atoms with Crippen molar-refractivity contribution in [1.29, 1.82) is 0 Å². The molecule has 0 aliphatic carbocycles. The lowest BCUT2D eigenvalue weighted by atomic mass is 9.85. The standard InChI is InChI=1S/C22H24FN3OS/c1-24-20(18-13-15-5-4-6-16(23)21(15)27-18)14-9-11-26(12-10-14)22-25-17-7-2-3-8-19(17)28-22/h2-8,14,18,20,24H,9-13H2,1H3. The zero-order chi connectivity index (χ0) is 19.1. The fraction of sp³-hybridized carbons (Fsp3) is 0.409. The molecule has 2 unspecified atom stereocenters. The summed E-state index contributed by atoms with van der Waals surface area (Å²) < 4.78 is 21.3. The van der Waals surface area contributed by atoms with E-state index in [0.717, 1.165) is 48.6 Å². The number of aromatic nitrogens is 1. The van der Waals surface area contributed by atoms with E-state index in [1.54, 1.807) is 17.4 Å². The Morgan fingerprint density at radius 1 is 1.18 bits per heavy atom. The molecular weight excluding hydrogens is 373 g/mol. The fourth-order valence-electron chi connectivity index (χ4n) is 4.63. The van der Waals surface area contributed by atoms with Crippen molar-refractivity contribution in [2.24, 2.45) is 5.92 Å². The van der Waals surface area contributed by atoms with E-state index in [0.29, 0.717) is 11.7 Å². The minimum absolute atomic E-state index is 0.00380. The Kier molecular flexibility index (Phi) is 4.69. The van der Waals surface area contributed by atoms with E-state index >= 15 is 0 Å². The van der Waals surface area contributed by atoms with Crippen LogP contribution in [-0.4, -0.2) is 37.3 Å². The van der Waals surface area contributed by atoms with Crippen LogP contribution in [0.2, 0.25) is 0 Å². The third-order valence-corrected chi connectivity index (χ3v) is 7.17. The van der Waals surface area contributed by atoms with E-state index in [9.17, 15) is 4.39 Å². The average Bonchev–Trinajstić information content (AvgIpc) is 3.34. The number of nitrogens with zero attached hydrogens (tertiary/aromatic N) is 2. The number of nitrogens with one attached hydrogen (secondary N) is 1. The smallest absolute Gasteiger partial charge is 0.186 e. The lowest BCUT2D eigenvalue weighted by Crippen LogP contribution is -2.49. The lowest BCUT2D eigenvalue weighted by molar-refractivity contribution is 0.129. The van der Waals surface area contributed by atoms with Gasteiger partial charge in [-0.05, 0) is 44.0 Å². The van der Waals surface area contributed by atoms with Crippen LogP contribution in [0.5, 0.6) is 5.75 Å². The normalized spacial score (nSPS) is 20.9. The molecule has 6 heteroatoms. The molecule has 0 bridgehead atoms. The van der Waals surface area contributed by atoms with Crippen molar-refractivity contribution in [3.8, 4) is 5.75 Å². The maximum absolute atomic E-state index is 14.0. The first-order valence-electron chi connectivity index (χ1n) is 9.95. The highest BCUT2D eigenvalue weighted by molar-refractivity contribution is 7.22. The van der Waals surface area contributed by atoms with Gasteiger partial charge >= 0.3 is 0 Å². The monoisotopic (exact) mass is 397 g/mol. The number of fused-ring (bicyclic) bond motifs is 2. The highest BCUT2D eigenvalue weighted by atomic mass is 32.1. The van der Waals surface area contributed by atoms with Crippen LogP contribution in [0.1, 0.15) is 18.4 Å². The van der Waals surface area contributed by atoms with Crippen molar-refractivity contribution < 1.29 is 9.13 Å². The van der Waals surface area contributed by atoms with Gasteiger partial charge in [0, 0.05) is 31.1 Å². The maximum atomic E-state index is 14.0. The third-order valence-electron chi connectivity index (χ3n) is 6.07. The number of benzene rings is 2. The molecule has 2 aliphatic heterocycles. The minimum Gasteiger partial charge on any atom is -0.485 e. The second-order valence-electron chi connectivity index (χ2n) is 7.69. The van der Waals surface area contributed by atoms with Gasteiger partial charge in [0.25, 0.3) is 0 Å². The molecule has 0 spiro atoms. The van der Waals surface area contributed by atoms with Gasteiger partial charge in [-0.25, -0.2) is 9.37 Å². The molecule has 146 valence electrons.